The van der Waals surface area contributed by atoms with Gasteiger partial charge in [-0.25, -0.2) is 0 Å². The predicted molar refractivity (Wildman–Crippen MR) is 114 cm³/mol. The molecule has 2 aromatic carbocycles. The molecule has 1 unspecified atom stereocenters. The first kappa shape index (κ1) is 19.9. The summed E-state index contributed by atoms with van der Waals surface area (Å²) in [5, 5.41) is 7.68. The number of aryl methyl sites for hydroxylation is 4. The molecule has 1 heterocycles. The quantitative estimate of drug-likeness (QED) is 0.656. The second-order valence-electron chi connectivity index (χ2n) is 7.58. The molecule has 0 aliphatic heterocycles. The minimum Gasteiger partial charge on any atom is -0.345 e. The topological polar surface area (TPSA) is 46.9 Å². The lowest BCUT2D eigenvalue weighted by molar-refractivity contribution is 0.0935. The van der Waals surface area contributed by atoms with Crippen LogP contribution < -0.4 is 5.32 Å². The van der Waals surface area contributed by atoms with Gasteiger partial charge in [0.2, 0.25) is 0 Å². The zero-order valence-corrected chi connectivity index (χ0v) is 17.4. The second-order valence-corrected chi connectivity index (χ2v) is 7.58. The van der Waals surface area contributed by atoms with Gasteiger partial charge in [-0.1, -0.05) is 42.8 Å². The maximum Gasteiger partial charge on any atom is 0.251 e. The molecule has 0 radical (unpaired) electrons. The standard InChI is InChI=1S/C24H29N3O/c1-6-23(22-12-7-16(2)13-17(22)3)25-24(28)21-10-8-20(9-11-21)15-27-19(5)14-18(4)26-27/h7-14,23H,6,15H2,1-5H3,(H,25,28). The maximum atomic E-state index is 12.8. The van der Waals surface area contributed by atoms with Gasteiger partial charge in [0.25, 0.3) is 5.91 Å². The monoisotopic (exact) mass is 375 g/mol. The zero-order valence-electron chi connectivity index (χ0n) is 17.4. The van der Waals surface area contributed by atoms with Gasteiger partial charge >= 0.3 is 0 Å². The highest BCUT2D eigenvalue weighted by molar-refractivity contribution is 5.94. The number of carbonyl (C=O) groups excluding carboxylic acids is 1. The van der Waals surface area contributed by atoms with E-state index >= 15 is 0 Å². The van der Waals surface area contributed by atoms with E-state index in [9.17, 15) is 4.79 Å². The lowest BCUT2D eigenvalue weighted by Crippen LogP contribution is -2.28. The lowest BCUT2D eigenvalue weighted by atomic mass is 9.97. The number of hydrogen-bond donors (Lipinski definition) is 1. The van der Waals surface area contributed by atoms with Gasteiger partial charge in [-0.2, -0.15) is 5.10 Å². The third-order valence-corrected chi connectivity index (χ3v) is 5.17. The van der Waals surface area contributed by atoms with Crippen LogP contribution in [0.2, 0.25) is 0 Å². The van der Waals surface area contributed by atoms with Crippen LogP contribution in [0.5, 0.6) is 0 Å². The first-order valence-electron chi connectivity index (χ1n) is 9.85. The summed E-state index contributed by atoms with van der Waals surface area (Å²) >= 11 is 0. The molecule has 4 nitrogen and oxygen atoms in total. The molecule has 1 atom stereocenters. The molecule has 1 N–H and O–H groups in total. The third-order valence-electron chi connectivity index (χ3n) is 5.17. The summed E-state index contributed by atoms with van der Waals surface area (Å²) in [6, 6.07) is 16.3. The molecule has 0 aliphatic carbocycles. The highest BCUT2D eigenvalue weighted by atomic mass is 16.1. The van der Waals surface area contributed by atoms with Crippen molar-refractivity contribution in [2.45, 2.75) is 53.6 Å². The molecule has 0 fully saturated rings. The molecule has 0 bridgehead atoms. The van der Waals surface area contributed by atoms with Gasteiger partial charge in [0, 0.05) is 11.3 Å². The number of carbonyl (C=O) groups is 1. The molecule has 146 valence electrons. The molecule has 0 saturated carbocycles. The molecule has 3 rings (SSSR count). The van der Waals surface area contributed by atoms with Crippen LogP contribution in [0.25, 0.3) is 0 Å². The van der Waals surface area contributed by atoms with Crippen molar-refractivity contribution < 1.29 is 4.79 Å². The molecule has 0 aliphatic rings. The molecule has 1 amide bonds. The van der Waals surface area contributed by atoms with Crippen LogP contribution in [0.3, 0.4) is 0 Å². The van der Waals surface area contributed by atoms with Crippen LogP contribution in [0, 0.1) is 27.7 Å². The Morgan fingerprint density at radius 1 is 1.04 bits per heavy atom. The van der Waals surface area contributed by atoms with Crippen LogP contribution in [0.15, 0.2) is 48.5 Å². The molecular formula is C24H29N3O. The van der Waals surface area contributed by atoms with Crippen molar-refractivity contribution in [1.82, 2.24) is 15.1 Å². The van der Waals surface area contributed by atoms with Crippen molar-refractivity contribution >= 4 is 5.91 Å². The SMILES string of the molecule is CCC(NC(=O)c1ccc(Cn2nc(C)cc2C)cc1)c1ccc(C)cc1C. The number of amides is 1. The molecule has 4 heteroatoms. The Morgan fingerprint density at radius 3 is 2.32 bits per heavy atom. The van der Waals surface area contributed by atoms with Crippen LogP contribution in [0.1, 0.15) is 63.4 Å². The summed E-state index contributed by atoms with van der Waals surface area (Å²) in [5.41, 5.74) is 7.60. The Bertz CT molecular complexity index is 970. The number of nitrogens with zero attached hydrogens (tertiary/aromatic N) is 2. The van der Waals surface area contributed by atoms with Crippen LogP contribution in [-0.4, -0.2) is 15.7 Å². The average molecular weight is 376 g/mol. The highest BCUT2D eigenvalue weighted by Crippen LogP contribution is 2.22. The normalized spacial score (nSPS) is 12.0. The van der Waals surface area contributed by atoms with E-state index in [1.165, 1.54) is 16.7 Å². The van der Waals surface area contributed by atoms with E-state index in [-0.39, 0.29) is 11.9 Å². The van der Waals surface area contributed by atoms with Gasteiger partial charge in [0.1, 0.15) is 0 Å². The summed E-state index contributed by atoms with van der Waals surface area (Å²) in [7, 11) is 0. The van der Waals surface area contributed by atoms with E-state index in [0.717, 1.165) is 23.4 Å². The Labute approximate surface area is 167 Å². The third kappa shape index (κ3) is 4.50. The number of nitrogens with one attached hydrogen (secondary N) is 1. The smallest absolute Gasteiger partial charge is 0.251 e. The highest BCUT2D eigenvalue weighted by Gasteiger charge is 2.16. The minimum absolute atomic E-state index is 0.0162. The van der Waals surface area contributed by atoms with E-state index in [0.29, 0.717) is 12.1 Å². The Balaban J connectivity index is 1.70. The first-order chi connectivity index (χ1) is 13.4. The van der Waals surface area contributed by atoms with E-state index in [4.69, 9.17) is 0 Å². The van der Waals surface area contributed by atoms with Gasteiger partial charge in [0.05, 0.1) is 18.3 Å². The molecular weight excluding hydrogens is 346 g/mol. The van der Waals surface area contributed by atoms with Crippen LogP contribution >= 0.6 is 0 Å². The molecule has 1 aromatic heterocycles. The number of hydrogen-bond acceptors (Lipinski definition) is 2. The first-order valence-corrected chi connectivity index (χ1v) is 9.85. The van der Waals surface area contributed by atoms with Crippen molar-refractivity contribution in [3.63, 3.8) is 0 Å². The fraction of sp³-hybridized carbons (Fsp3) is 0.333. The number of rotatable bonds is 6. The van der Waals surface area contributed by atoms with Gasteiger partial charge in [-0.15, -0.1) is 0 Å². The average Bonchev–Trinajstić information content (AvgIpc) is 2.97. The Hall–Kier alpha value is -2.88. The van der Waals surface area contributed by atoms with E-state index in [1.807, 2.05) is 35.9 Å². The summed E-state index contributed by atoms with van der Waals surface area (Å²) in [5.74, 6) is -0.0375. The van der Waals surface area contributed by atoms with Crippen molar-refractivity contribution in [2.75, 3.05) is 0 Å². The number of benzene rings is 2. The van der Waals surface area contributed by atoms with Crippen molar-refractivity contribution in [3.05, 3.63) is 87.7 Å². The summed E-state index contributed by atoms with van der Waals surface area (Å²) < 4.78 is 1.98. The Kier molecular flexibility index (Phi) is 5.98. The van der Waals surface area contributed by atoms with Crippen molar-refractivity contribution in [3.8, 4) is 0 Å². The molecule has 0 spiro atoms. The van der Waals surface area contributed by atoms with Crippen LogP contribution in [0.4, 0.5) is 0 Å². The van der Waals surface area contributed by atoms with Gasteiger partial charge in [0.15, 0.2) is 0 Å². The summed E-state index contributed by atoms with van der Waals surface area (Å²) in [4.78, 5) is 12.8. The minimum atomic E-state index is -0.0375. The predicted octanol–water partition coefficient (Wildman–Crippen LogP) is 5.05. The summed E-state index contributed by atoms with van der Waals surface area (Å²) in [6.45, 7) is 11.1. The molecule has 0 saturated heterocycles. The van der Waals surface area contributed by atoms with Crippen LogP contribution in [-0.2, 0) is 6.54 Å². The number of aromatic nitrogens is 2. The van der Waals surface area contributed by atoms with Crippen molar-refractivity contribution in [2.24, 2.45) is 0 Å². The van der Waals surface area contributed by atoms with Gasteiger partial charge in [-0.3, -0.25) is 9.48 Å². The lowest BCUT2D eigenvalue weighted by Gasteiger charge is -2.20. The maximum absolute atomic E-state index is 12.8. The zero-order chi connectivity index (χ0) is 20.3. The second kappa shape index (κ2) is 8.42. The van der Waals surface area contributed by atoms with Crippen molar-refractivity contribution in [1.29, 1.82) is 0 Å². The largest absolute Gasteiger partial charge is 0.345 e. The fourth-order valence-electron chi connectivity index (χ4n) is 3.63. The van der Waals surface area contributed by atoms with E-state index < -0.39 is 0 Å². The van der Waals surface area contributed by atoms with E-state index in [1.54, 1.807) is 0 Å². The Morgan fingerprint density at radius 2 is 1.75 bits per heavy atom. The molecule has 28 heavy (non-hydrogen) atoms. The fourth-order valence-corrected chi connectivity index (χ4v) is 3.63. The van der Waals surface area contributed by atoms with Gasteiger partial charge in [-0.05, 0) is 69.0 Å². The van der Waals surface area contributed by atoms with E-state index in [2.05, 4.69) is 62.4 Å². The molecule has 3 aromatic rings. The van der Waals surface area contributed by atoms with Gasteiger partial charge < -0.3 is 5.32 Å². The summed E-state index contributed by atoms with van der Waals surface area (Å²) in [6.07, 6.45) is 0.853.